The predicted octanol–water partition coefficient (Wildman–Crippen LogP) is 0.361. The van der Waals surface area contributed by atoms with Gasteiger partial charge in [-0.15, -0.1) is 0 Å². The van der Waals surface area contributed by atoms with Crippen molar-refractivity contribution in [2.75, 3.05) is 33.2 Å². The van der Waals surface area contributed by atoms with Crippen molar-refractivity contribution in [3.05, 3.63) is 0 Å². The monoisotopic (exact) mass is 285 g/mol. The number of urea groups is 1. The minimum atomic E-state index is -0.798. The van der Waals surface area contributed by atoms with Gasteiger partial charge in [0.05, 0.1) is 5.92 Å². The van der Waals surface area contributed by atoms with Crippen molar-refractivity contribution in [1.82, 2.24) is 15.1 Å². The number of hydrogen-bond acceptors (Lipinski definition) is 3. The van der Waals surface area contributed by atoms with Crippen molar-refractivity contribution in [2.24, 2.45) is 5.92 Å². The topological polar surface area (TPSA) is 90.0 Å². The number of rotatable bonds is 5. The molecule has 7 nitrogen and oxygen atoms in total. The fourth-order valence-corrected chi connectivity index (χ4v) is 2.28. The third-order valence-corrected chi connectivity index (χ3v) is 3.49. The number of likely N-dealkylation sites (tertiary alicyclic amines) is 1. The molecule has 0 bridgehead atoms. The first-order valence-electron chi connectivity index (χ1n) is 6.96. The summed E-state index contributed by atoms with van der Waals surface area (Å²) in [4.78, 5) is 37.8. The molecule has 0 atom stereocenters. The van der Waals surface area contributed by atoms with Gasteiger partial charge in [-0.25, -0.2) is 4.79 Å². The van der Waals surface area contributed by atoms with Crippen molar-refractivity contribution in [3.63, 3.8) is 0 Å². The highest BCUT2D eigenvalue weighted by atomic mass is 16.4. The highest BCUT2D eigenvalue weighted by molar-refractivity contribution is 5.84. The number of aliphatic carboxylic acids is 1. The van der Waals surface area contributed by atoms with Crippen LogP contribution in [0.1, 0.15) is 26.2 Å². The van der Waals surface area contributed by atoms with Crippen LogP contribution in [0, 0.1) is 5.92 Å². The Balaban J connectivity index is 2.57. The van der Waals surface area contributed by atoms with Gasteiger partial charge >= 0.3 is 12.0 Å². The summed E-state index contributed by atoms with van der Waals surface area (Å²) in [5.74, 6) is -1.36. The summed E-state index contributed by atoms with van der Waals surface area (Å²) < 4.78 is 0. The molecule has 0 aromatic heterocycles. The second-order valence-electron chi connectivity index (χ2n) is 4.98. The fourth-order valence-electron chi connectivity index (χ4n) is 2.28. The number of piperidine rings is 1. The summed E-state index contributed by atoms with van der Waals surface area (Å²) in [6.45, 7) is 3.38. The molecular formula is C13H23N3O4. The summed E-state index contributed by atoms with van der Waals surface area (Å²) in [5.41, 5.74) is 0. The SMILES string of the molecule is CCCN(CC(=O)NC)C(=O)N1CCC(C(=O)O)CC1. The van der Waals surface area contributed by atoms with Crippen LogP contribution in [0.2, 0.25) is 0 Å². The van der Waals surface area contributed by atoms with Gasteiger partial charge in [0.15, 0.2) is 0 Å². The Kier molecular flexibility index (Phi) is 6.27. The summed E-state index contributed by atoms with van der Waals surface area (Å²) in [6.07, 6.45) is 1.72. The lowest BCUT2D eigenvalue weighted by Crippen LogP contribution is -2.50. The highest BCUT2D eigenvalue weighted by Crippen LogP contribution is 2.18. The number of carbonyl (C=O) groups is 3. The molecule has 0 unspecified atom stereocenters. The molecule has 1 aliphatic rings. The van der Waals surface area contributed by atoms with Crippen LogP contribution in [0.15, 0.2) is 0 Å². The Labute approximate surface area is 118 Å². The van der Waals surface area contributed by atoms with Gasteiger partial charge in [0.1, 0.15) is 6.54 Å². The zero-order chi connectivity index (χ0) is 15.1. The number of hydrogen-bond donors (Lipinski definition) is 2. The van der Waals surface area contributed by atoms with E-state index in [-0.39, 0.29) is 24.4 Å². The average molecular weight is 285 g/mol. The molecule has 0 aliphatic carbocycles. The minimum Gasteiger partial charge on any atom is -0.481 e. The predicted molar refractivity (Wildman–Crippen MR) is 73.3 cm³/mol. The number of carbonyl (C=O) groups excluding carboxylic acids is 2. The van der Waals surface area contributed by atoms with E-state index < -0.39 is 5.97 Å². The van der Waals surface area contributed by atoms with Gasteiger partial charge in [-0.2, -0.15) is 0 Å². The molecule has 1 saturated heterocycles. The smallest absolute Gasteiger partial charge is 0.320 e. The number of nitrogens with one attached hydrogen (secondary N) is 1. The molecule has 2 N–H and O–H groups in total. The number of carboxylic acids is 1. The molecule has 1 fully saturated rings. The van der Waals surface area contributed by atoms with Crippen molar-refractivity contribution in [1.29, 1.82) is 0 Å². The molecule has 7 heteroatoms. The van der Waals surface area contributed by atoms with Crippen molar-refractivity contribution in [3.8, 4) is 0 Å². The lowest BCUT2D eigenvalue weighted by atomic mass is 9.97. The van der Waals surface area contributed by atoms with E-state index in [4.69, 9.17) is 5.11 Å². The number of amides is 3. The quantitative estimate of drug-likeness (QED) is 0.763. The Hall–Kier alpha value is -1.79. The van der Waals surface area contributed by atoms with E-state index in [0.717, 1.165) is 6.42 Å². The van der Waals surface area contributed by atoms with E-state index in [1.54, 1.807) is 4.90 Å². The maximum absolute atomic E-state index is 12.3. The molecule has 0 aromatic carbocycles. The third-order valence-electron chi connectivity index (χ3n) is 3.49. The molecule has 1 rings (SSSR count). The van der Waals surface area contributed by atoms with Gasteiger partial charge < -0.3 is 20.2 Å². The number of likely N-dealkylation sites (N-methyl/N-ethyl adjacent to an activating group) is 1. The van der Waals surface area contributed by atoms with Crippen LogP contribution < -0.4 is 5.32 Å². The maximum Gasteiger partial charge on any atom is 0.320 e. The average Bonchev–Trinajstić information content (AvgIpc) is 2.46. The first-order chi connectivity index (χ1) is 9.49. The molecule has 114 valence electrons. The van der Waals surface area contributed by atoms with E-state index >= 15 is 0 Å². The van der Waals surface area contributed by atoms with Gasteiger partial charge in [-0.05, 0) is 19.3 Å². The first kappa shape index (κ1) is 16.3. The summed E-state index contributed by atoms with van der Waals surface area (Å²) in [5, 5.41) is 11.4. The largest absolute Gasteiger partial charge is 0.481 e. The van der Waals surface area contributed by atoms with Gasteiger partial charge in [0, 0.05) is 26.7 Å². The van der Waals surface area contributed by atoms with E-state index in [0.29, 0.717) is 32.5 Å². The Morgan fingerprint density at radius 2 is 1.90 bits per heavy atom. The Morgan fingerprint density at radius 3 is 2.35 bits per heavy atom. The summed E-state index contributed by atoms with van der Waals surface area (Å²) in [6, 6.07) is -0.181. The maximum atomic E-state index is 12.3. The Bertz CT molecular complexity index is 365. The molecule has 3 amide bonds. The van der Waals surface area contributed by atoms with E-state index in [1.807, 2.05) is 6.92 Å². The lowest BCUT2D eigenvalue weighted by Gasteiger charge is -2.34. The molecule has 0 aromatic rings. The number of carboxylic acid groups (broad SMARTS) is 1. The van der Waals surface area contributed by atoms with Crippen LogP contribution in [-0.2, 0) is 9.59 Å². The molecule has 0 saturated carbocycles. The minimum absolute atomic E-state index is 0.0437. The van der Waals surface area contributed by atoms with Gasteiger partial charge in [0.25, 0.3) is 0 Å². The second-order valence-corrected chi connectivity index (χ2v) is 4.98. The van der Waals surface area contributed by atoms with Crippen LogP contribution in [0.5, 0.6) is 0 Å². The summed E-state index contributed by atoms with van der Waals surface area (Å²) >= 11 is 0. The molecule has 1 aliphatic heterocycles. The first-order valence-corrected chi connectivity index (χ1v) is 6.96. The number of nitrogens with zero attached hydrogens (tertiary/aromatic N) is 2. The molecule has 1 heterocycles. The van der Waals surface area contributed by atoms with Crippen molar-refractivity contribution < 1.29 is 19.5 Å². The lowest BCUT2D eigenvalue weighted by molar-refractivity contribution is -0.143. The third kappa shape index (κ3) is 4.40. The zero-order valence-electron chi connectivity index (χ0n) is 12.1. The van der Waals surface area contributed by atoms with Crippen LogP contribution in [0.3, 0.4) is 0 Å². The van der Waals surface area contributed by atoms with Gasteiger partial charge in [-0.1, -0.05) is 6.92 Å². The summed E-state index contributed by atoms with van der Waals surface area (Å²) in [7, 11) is 1.54. The molecule has 0 spiro atoms. The van der Waals surface area contributed by atoms with E-state index in [9.17, 15) is 14.4 Å². The van der Waals surface area contributed by atoms with Crippen molar-refractivity contribution >= 4 is 17.9 Å². The fraction of sp³-hybridized carbons (Fsp3) is 0.769. The molecule has 0 radical (unpaired) electrons. The molecular weight excluding hydrogens is 262 g/mol. The van der Waals surface area contributed by atoms with E-state index in [2.05, 4.69) is 5.32 Å². The van der Waals surface area contributed by atoms with Crippen LogP contribution >= 0.6 is 0 Å². The second kappa shape index (κ2) is 7.72. The Morgan fingerprint density at radius 1 is 1.30 bits per heavy atom. The zero-order valence-corrected chi connectivity index (χ0v) is 12.1. The normalized spacial score (nSPS) is 15.8. The van der Waals surface area contributed by atoms with Crippen LogP contribution in [0.25, 0.3) is 0 Å². The van der Waals surface area contributed by atoms with Gasteiger partial charge in [0.2, 0.25) is 5.91 Å². The van der Waals surface area contributed by atoms with Gasteiger partial charge in [-0.3, -0.25) is 9.59 Å². The highest BCUT2D eigenvalue weighted by Gasteiger charge is 2.29. The van der Waals surface area contributed by atoms with Crippen LogP contribution in [0.4, 0.5) is 4.79 Å². The van der Waals surface area contributed by atoms with Crippen LogP contribution in [-0.4, -0.2) is 66.0 Å². The standard InChI is InChI=1S/C13H23N3O4/c1-3-6-16(9-11(17)14-2)13(20)15-7-4-10(5-8-15)12(18)19/h10H,3-9H2,1-2H3,(H,14,17)(H,18,19). The van der Waals surface area contributed by atoms with E-state index in [1.165, 1.54) is 11.9 Å². The van der Waals surface area contributed by atoms with Crippen molar-refractivity contribution in [2.45, 2.75) is 26.2 Å². The molecule has 20 heavy (non-hydrogen) atoms.